The van der Waals surface area contributed by atoms with Gasteiger partial charge in [-0.1, -0.05) is 55.4 Å². The molecule has 0 aromatic rings. The van der Waals surface area contributed by atoms with Crippen molar-refractivity contribution in [3.05, 3.63) is 0 Å². The molecule has 0 aliphatic carbocycles. The van der Waals surface area contributed by atoms with Crippen molar-refractivity contribution >= 4 is 6.29 Å². The highest BCUT2D eigenvalue weighted by Gasteiger charge is 2.51. The number of carbonyl (C=O) groups excluding carboxylic acids is 1. The van der Waals surface area contributed by atoms with Gasteiger partial charge in [0.05, 0.1) is 42.7 Å². The third-order valence-electron chi connectivity index (χ3n) is 15.3. The lowest BCUT2D eigenvalue weighted by Crippen LogP contribution is -2.60. The van der Waals surface area contributed by atoms with E-state index in [1.807, 2.05) is 46.6 Å². The van der Waals surface area contributed by atoms with Gasteiger partial charge in [0.15, 0.2) is 6.29 Å². The Morgan fingerprint density at radius 3 is 2.18 bits per heavy atom. The minimum absolute atomic E-state index is 0.0326. The van der Waals surface area contributed by atoms with E-state index in [2.05, 4.69) is 59.6 Å². The molecule has 11 nitrogen and oxygen atoms in total. The molecular formula is C45H83N3O8. The predicted molar refractivity (Wildman–Crippen MR) is 221 cm³/mol. The standard InChI is InChI=1S/C45H83N3O8/c1-14-40-45(53,16-3)41(50)33(9)48(13)25-28(4)23-44(52,27-49)37(22-39-32(8)38(20-30(6)55-39)47(12)19-17-18-46)31(7)36(29(5)26-54-40)21-35-24-43(11,15-2)42(51)34(10)56-35/h27-42,50-53H,14-17,19-26H2,1-13H3. The van der Waals surface area contributed by atoms with Crippen LogP contribution in [0.15, 0.2) is 0 Å². The monoisotopic (exact) mass is 794 g/mol. The van der Waals surface area contributed by atoms with E-state index in [-0.39, 0.29) is 71.9 Å². The predicted octanol–water partition coefficient (Wildman–Crippen LogP) is 5.84. The first-order chi connectivity index (χ1) is 26.2. The van der Waals surface area contributed by atoms with E-state index in [0.717, 1.165) is 19.1 Å². The fraction of sp³-hybridized carbons (Fsp3) is 0.956. The Bertz CT molecular complexity index is 1250. The highest BCUT2D eigenvalue weighted by molar-refractivity contribution is 5.63. The molecule has 3 heterocycles. The molecule has 18 unspecified atom stereocenters. The van der Waals surface area contributed by atoms with Gasteiger partial charge in [-0.25, -0.2) is 0 Å². The fourth-order valence-corrected chi connectivity index (χ4v) is 11.2. The Labute approximate surface area is 340 Å². The first kappa shape index (κ1) is 49.2. The number of hydrogen-bond donors (Lipinski definition) is 4. The number of nitriles is 1. The SMILES string of the molecule is CCC1OCC(C)C(CC2CC(C)(CC)C(O)C(C)O2)C(C)C(CC2OC(C)CC(N(C)CCC#N)C2C)C(O)(C=O)CC(C)CN(C)C(C)C(O)C1(O)CC. The first-order valence-corrected chi connectivity index (χ1v) is 22.1. The second kappa shape index (κ2) is 20.9. The summed E-state index contributed by atoms with van der Waals surface area (Å²) in [6.07, 6.45) is 2.68. The molecule has 0 spiro atoms. The number of carbonyl (C=O) groups is 1. The van der Waals surface area contributed by atoms with E-state index < -0.39 is 41.5 Å². The summed E-state index contributed by atoms with van der Waals surface area (Å²) < 4.78 is 20.0. The van der Waals surface area contributed by atoms with Gasteiger partial charge in [0, 0.05) is 38.2 Å². The maximum absolute atomic E-state index is 13.5. The first-order valence-electron chi connectivity index (χ1n) is 22.1. The van der Waals surface area contributed by atoms with Crippen LogP contribution in [0.25, 0.3) is 0 Å². The fourth-order valence-electron chi connectivity index (χ4n) is 11.2. The molecule has 3 rings (SSSR count). The van der Waals surface area contributed by atoms with Crippen LogP contribution in [-0.4, -0.2) is 136 Å². The summed E-state index contributed by atoms with van der Waals surface area (Å²) in [6, 6.07) is 2.04. The summed E-state index contributed by atoms with van der Waals surface area (Å²) in [5.74, 6) is -0.859. The van der Waals surface area contributed by atoms with Gasteiger partial charge in [-0.05, 0) is 127 Å². The molecule has 11 heteroatoms. The Kier molecular flexibility index (Phi) is 18.3. The molecular weight excluding hydrogens is 711 g/mol. The molecule has 0 aromatic heterocycles. The van der Waals surface area contributed by atoms with Crippen molar-refractivity contribution in [3.8, 4) is 6.07 Å². The van der Waals surface area contributed by atoms with Crippen molar-refractivity contribution in [2.24, 2.45) is 40.9 Å². The largest absolute Gasteiger partial charge is 0.390 e. The molecule has 56 heavy (non-hydrogen) atoms. The summed E-state index contributed by atoms with van der Waals surface area (Å²) in [4.78, 5) is 17.8. The maximum atomic E-state index is 13.5. The Morgan fingerprint density at radius 1 is 0.946 bits per heavy atom. The van der Waals surface area contributed by atoms with Gasteiger partial charge in [0.2, 0.25) is 0 Å². The number of ether oxygens (including phenoxy) is 3. The summed E-state index contributed by atoms with van der Waals surface area (Å²) in [5, 5.41) is 57.4. The lowest BCUT2D eigenvalue weighted by atomic mass is 9.63. The van der Waals surface area contributed by atoms with Crippen LogP contribution in [-0.2, 0) is 19.0 Å². The average molecular weight is 794 g/mol. The molecule has 3 aliphatic rings. The number of aliphatic hydroxyl groups is 4. The number of nitrogens with zero attached hydrogens (tertiary/aromatic N) is 3. The highest BCUT2D eigenvalue weighted by atomic mass is 16.5. The molecule has 326 valence electrons. The van der Waals surface area contributed by atoms with Crippen LogP contribution in [0.1, 0.15) is 134 Å². The van der Waals surface area contributed by atoms with Crippen molar-refractivity contribution in [1.29, 1.82) is 5.26 Å². The lowest BCUT2D eigenvalue weighted by molar-refractivity contribution is -0.192. The van der Waals surface area contributed by atoms with Crippen molar-refractivity contribution in [2.75, 3.05) is 33.8 Å². The molecule has 0 bridgehead atoms. The van der Waals surface area contributed by atoms with Crippen LogP contribution in [0.2, 0.25) is 0 Å². The molecule has 0 amide bonds. The van der Waals surface area contributed by atoms with E-state index in [1.165, 1.54) is 0 Å². The van der Waals surface area contributed by atoms with E-state index in [4.69, 9.17) is 14.2 Å². The minimum atomic E-state index is -1.68. The van der Waals surface area contributed by atoms with Gasteiger partial charge in [-0.2, -0.15) is 5.26 Å². The number of aliphatic hydroxyl groups excluding tert-OH is 2. The van der Waals surface area contributed by atoms with Crippen molar-refractivity contribution < 1.29 is 39.4 Å². The molecule has 18 atom stereocenters. The molecule has 0 aromatic carbocycles. The van der Waals surface area contributed by atoms with Gasteiger partial charge in [0.25, 0.3) is 0 Å². The normalized spacial score (nSPS) is 46.8. The molecule has 3 fully saturated rings. The summed E-state index contributed by atoms with van der Waals surface area (Å²) in [7, 11) is 4.00. The number of rotatable bonds is 11. The number of hydrogen-bond acceptors (Lipinski definition) is 11. The van der Waals surface area contributed by atoms with Crippen molar-refractivity contribution in [1.82, 2.24) is 9.80 Å². The van der Waals surface area contributed by atoms with E-state index >= 15 is 0 Å². The third-order valence-corrected chi connectivity index (χ3v) is 15.3. The molecule has 0 radical (unpaired) electrons. The summed E-state index contributed by atoms with van der Waals surface area (Å²) in [6.45, 7) is 24.1. The number of aldehydes is 1. The smallest absolute Gasteiger partial charge is 0.151 e. The van der Waals surface area contributed by atoms with Gasteiger partial charge in [-0.15, -0.1) is 0 Å². The van der Waals surface area contributed by atoms with Crippen molar-refractivity contribution in [2.45, 2.75) is 200 Å². The molecule has 0 saturated carbocycles. The highest BCUT2D eigenvalue weighted by Crippen LogP contribution is 2.47. The van der Waals surface area contributed by atoms with Crippen LogP contribution in [0, 0.1) is 52.3 Å². The summed E-state index contributed by atoms with van der Waals surface area (Å²) >= 11 is 0. The Balaban J connectivity index is 2.18. The van der Waals surface area contributed by atoms with Gasteiger partial charge in [0.1, 0.15) is 17.3 Å². The molecule has 3 aliphatic heterocycles. The van der Waals surface area contributed by atoms with Crippen molar-refractivity contribution in [3.63, 3.8) is 0 Å². The Morgan fingerprint density at radius 2 is 1.61 bits per heavy atom. The zero-order valence-corrected chi connectivity index (χ0v) is 37.5. The van der Waals surface area contributed by atoms with Crippen LogP contribution in [0.4, 0.5) is 0 Å². The topological polar surface area (TPSA) is 156 Å². The van der Waals surface area contributed by atoms with Crippen LogP contribution < -0.4 is 0 Å². The third kappa shape index (κ3) is 11.1. The minimum Gasteiger partial charge on any atom is -0.390 e. The summed E-state index contributed by atoms with van der Waals surface area (Å²) in [5.41, 5.74) is -3.49. The maximum Gasteiger partial charge on any atom is 0.151 e. The lowest BCUT2D eigenvalue weighted by Gasteiger charge is -2.50. The number of likely N-dealkylation sites (N-methyl/N-ethyl adjacent to an activating group) is 1. The van der Waals surface area contributed by atoms with E-state index in [0.29, 0.717) is 58.2 Å². The van der Waals surface area contributed by atoms with E-state index in [9.17, 15) is 30.5 Å². The second-order valence-electron chi connectivity index (χ2n) is 19.4. The average Bonchev–Trinajstić information content (AvgIpc) is 3.16. The van der Waals surface area contributed by atoms with Gasteiger partial charge in [-0.3, -0.25) is 0 Å². The van der Waals surface area contributed by atoms with Crippen LogP contribution in [0.5, 0.6) is 0 Å². The quantitative estimate of drug-likeness (QED) is 0.187. The zero-order valence-electron chi connectivity index (χ0n) is 37.5. The molecule has 3 saturated heterocycles. The van der Waals surface area contributed by atoms with Crippen LogP contribution in [0.3, 0.4) is 0 Å². The van der Waals surface area contributed by atoms with Crippen LogP contribution >= 0.6 is 0 Å². The van der Waals surface area contributed by atoms with Gasteiger partial charge >= 0.3 is 0 Å². The van der Waals surface area contributed by atoms with Gasteiger partial charge < -0.3 is 49.2 Å². The second-order valence-corrected chi connectivity index (χ2v) is 19.4. The Hall–Kier alpha value is -1.20. The molecule has 4 N–H and O–H groups in total. The zero-order chi connectivity index (χ0) is 42.3. The van der Waals surface area contributed by atoms with E-state index in [1.54, 1.807) is 0 Å².